The van der Waals surface area contributed by atoms with E-state index in [1.165, 1.54) is 92.5 Å². The zero-order chi connectivity index (χ0) is 98.0. The van der Waals surface area contributed by atoms with E-state index in [1.807, 2.05) is 84.1 Å². The number of carbonyl (C=O) groups is 2. The molecule has 139 heavy (non-hydrogen) atoms. The van der Waals surface area contributed by atoms with Gasteiger partial charge in [-0.25, -0.2) is 4.99 Å². The van der Waals surface area contributed by atoms with Gasteiger partial charge in [0.25, 0.3) is 22.7 Å². The number of nitro benzene ring substituents is 4. The van der Waals surface area contributed by atoms with Crippen LogP contribution in [0, 0.1) is 45.9 Å². The normalized spacial score (nSPS) is 18.3. The quantitative estimate of drug-likeness (QED) is 0.0151. The van der Waals surface area contributed by atoms with Crippen LogP contribution in [0.3, 0.4) is 0 Å². The molecular weight excluding hydrogens is 1820 g/mol. The zero-order valence-corrected chi connectivity index (χ0v) is 81.4. The van der Waals surface area contributed by atoms with Gasteiger partial charge in [-0.2, -0.15) is 0 Å². The molecular formula is C105H117N17O14S3. The summed E-state index contributed by atoms with van der Waals surface area (Å²) in [5.74, 6) is 0.349. The maximum atomic E-state index is 11.2. The van der Waals surface area contributed by atoms with E-state index in [2.05, 4.69) is 153 Å². The number of hydrogen-bond donors (Lipinski definition) is 9. The van der Waals surface area contributed by atoms with E-state index in [1.54, 1.807) is 83.5 Å². The van der Waals surface area contributed by atoms with Crippen LogP contribution in [0.1, 0.15) is 160 Å². The fraction of sp³-hybridized carbons (Fsp3) is 0.333. The molecule has 14 aromatic rings. The number of hydrogen-bond acceptors (Lipinski definition) is 23. The minimum atomic E-state index is -0.443. The third kappa shape index (κ3) is 25.0. The van der Waals surface area contributed by atoms with Crippen molar-refractivity contribution in [3.8, 4) is 0 Å². The molecule has 2 spiro atoms. The van der Waals surface area contributed by atoms with Gasteiger partial charge in [-0.3, -0.25) is 55.5 Å². The smallest absolute Gasteiger partial charge is 0.270 e. The van der Waals surface area contributed by atoms with Gasteiger partial charge < -0.3 is 75.0 Å². The summed E-state index contributed by atoms with van der Waals surface area (Å²) in [5.41, 5.74) is 32.4. The van der Waals surface area contributed by atoms with Crippen molar-refractivity contribution < 1.29 is 48.2 Å². The largest absolute Gasteiger partial charge is 0.399 e. The number of nitrogens with zero attached hydrogens (tertiary/aromatic N) is 8. The van der Waals surface area contributed by atoms with Crippen molar-refractivity contribution in [2.75, 3.05) is 80.7 Å². The van der Waals surface area contributed by atoms with E-state index in [9.17, 15) is 50.0 Å². The molecule has 1 saturated carbocycles. The highest BCUT2D eigenvalue weighted by atomic mass is 32.2. The first kappa shape index (κ1) is 100. The number of benzene rings is 6. The number of nitrogen functional groups attached to an aromatic ring is 1. The Bertz CT molecular complexity index is 6960. The summed E-state index contributed by atoms with van der Waals surface area (Å²) in [6.07, 6.45) is 41.8. The number of allylic oxidation sites excluding steroid dienone is 6. The van der Waals surface area contributed by atoms with Crippen LogP contribution in [0.15, 0.2) is 223 Å². The van der Waals surface area contributed by atoms with Crippen molar-refractivity contribution >= 4 is 184 Å². The van der Waals surface area contributed by atoms with Crippen molar-refractivity contribution in [2.45, 2.75) is 152 Å². The molecule has 10 heterocycles. The molecule has 6 aliphatic carbocycles. The SMILES string of the molecule is CN(C)C1CC=C(c2c[nH]c3ccc(N)cc23)CC1.CN(C)C1CC=C(c2c[nH]c3ccc(N=C(N)c4cccs4)cc23)CC1.CN(C)C1CC=C(c2c[nH]c3ccc([N+](=O)[O-])cc23)CC1.CSC(=N)c1cccs1.O=C1CC=C(c2c[nH]c3ccc([N+](=O)[O-])cc23)CC1.O=C1CCC2(CC1)OCCO2.O=[N+]([O-])c1ccc2[nH]cc(C3=CCC4(CC3)OCCO4)c2c1.O=[N+]([O-])c1ccc2[nH]ccc2c1. The number of rotatable bonds is 15. The number of fused-ring (bicyclic) bond motifs is 6. The van der Waals surface area contributed by atoms with Gasteiger partial charge in [0.05, 0.1) is 61.6 Å². The monoisotopic (exact) mass is 1940 g/mol. The van der Waals surface area contributed by atoms with Crippen LogP contribution in [-0.4, -0.2) is 191 Å². The second kappa shape index (κ2) is 45.9. The minimum absolute atomic E-state index is 0.0841. The van der Waals surface area contributed by atoms with E-state index >= 15 is 0 Å². The van der Waals surface area contributed by atoms with Crippen LogP contribution in [0.4, 0.5) is 34.1 Å². The Kier molecular flexibility index (Phi) is 33.1. The highest BCUT2D eigenvalue weighted by Crippen LogP contribution is 2.44. The number of thiophene rings is 2. The average Bonchev–Trinajstić information content (AvgIpc) is 1.67. The summed E-state index contributed by atoms with van der Waals surface area (Å²) >= 11 is 4.70. The fourth-order valence-corrected chi connectivity index (χ4v) is 20.5. The number of anilines is 1. The van der Waals surface area contributed by atoms with Crippen LogP contribution in [-0.2, 0) is 28.5 Å². The standard InChI is InChI=1S/C21H24N4S.C16H19N3O2.C16H21N3.C16H16N2O4.C14H12N2O3.C8H6N2O2.C8H12O3.C6H7NS2/c1-25(2)16-8-5-14(6-9-16)18-13-23-19-10-7-15(12-17(18)19)24-21(22)20-4-3-11-26-20;1-18(2)12-5-3-11(4-6-12)15-10-17-16-8-7-13(19(20)21)9-14(15)16;1-19(2)13-6-3-11(4-7-13)15-10-18-16-8-5-12(17)9-14(15)16;19-18(20)12-1-2-15-13(9-12)14(10-17-15)11-3-5-16(6-4-11)21-7-8-22-16;17-11-4-1-9(2-5-11)13-8-15-14-6-3-10(16(18)19)7-12(13)14;11-10(12)7-1-2-8-6(5-7)3-4-9-8;9-7-1-3-8(4-2-7)10-5-6-11-8;1-8-6(7)5-3-2-4-9-5/h3-5,7,10-13,16,23H,6,8-9H2,1-2H3,(H2,22,24);3,7-10,12,17H,4-6H2,1-2H3;3,5,8-10,13,18H,4,6-7,17H2,1-2H3;1-3,9-10,17H,4-8H2;1,3,6-8,15H,2,4-5H2;1-5,9H;1-6H2;2-4,7H,1H3. The number of aromatic amines is 6. The molecule has 11 N–H and O–H groups in total. The molecule has 8 aromatic heterocycles. The lowest BCUT2D eigenvalue weighted by molar-refractivity contribution is -0.384. The van der Waals surface area contributed by atoms with Gasteiger partial charge in [0.2, 0.25) is 0 Å². The Balaban J connectivity index is 0.000000122. The molecule has 3 unspecified atom stereocenters. The summed E-state index contributed by atoms with van der Waals surface area (Å²) in [5, 5.41) is 61.2. The van der Waals surface area contributed by atoms with Gasteiger partial charge in [0, 0.05) is 254 Å². The number of Topliss-reactive ketones (excluding diaryl/α,β-unsaturated/α-hetero) is 2. The van der Waals surface area contributed by atoms with Crippen molar-refractivity contribution in [1.82, 2.24) is 44.6 Å². The number of nitrogens with one attached hydrogen (secondary N) is 7. The summed E-state index contributed by atoms with van der Waals surface area (Å²) in [6.45, 7) is 2.69. The number of ketones is 2. The van der Waals surface area contributed by atoms with Gasteiger partial charge in [0.15, 0.2) is 11.6 Å². The molecule has 6 aromatic carbocycles. The summed E-state index contributed by atoms with van der Waals surface area (Å²) in [4.78, 5) is 96.6. The van der Waals surface area contributed by atoms with Crippen LogP contribution >= 0.6 is 34.4 Å². The predicted octanol–water partition coefficient (Wildman–Crippen LogP) is 23.6. The Morgan fingerprint density at radius 3 is 1.22 bits per heavy atom. The second-order valence-electron chi connectivity index (χ2n) is 36.0. The van der Waals surface area contributed by atoms with Crippen molar-refractivity contribution in [3.63, 3.8) is 0 Å². The van der Waals surface area contributed by atoms with E-state index in [-0.39, 0.29) is 44.2 Å². The second-order valence-corrected chi connectivity index (χ2v) is 38.7. The molecule has 31 nitrogen and oxygen atoms in total. The number of H-pyrrole nitrogens is 6. The molecule has 34 heteroatoms. The number of nitro groups is 4. The number of carbonyl (C=O) groups excluding carboxylic acids is 2. The van der Waals surface area contributed by atoms with Gasteiger partial charge in [-0.15, -0.1) is 34.4 Å². The molecule has 724 valence electrons. The summed E-state index contributed by atoms with van der Waals surface area (Å²) < 4.78 is 22.4. The van der Waals surface area contributed by atoms with Gasteiger partial charge in [-0.1, -0.05) is 42.5 Å². The molecule has 22 rings (SSSR count). The molecule has 3 atom stereocenters. The predicted molar refractivity (Wildman–Crippen MR) is 560 cm³/mol. The highest BCUT2D eigenvalue weighted by Gasteiger charge is 2.41. The lowest BCUT2D eigenvalue weighted by Gasteiger charge is -2.30. The van der Waals surface area contributed by atoms with Gasteiger partial charge in [0.1, 0.15) is 22.4 Å². The summed E-state index contributed by atoms with van der Waals surface area (Å²) in [7, 11) is 12.9. The Morgan fingerprint density at radius 2 is 0.827 bits per heavy atom. The van der Waals surface area contributed by atoms with Crippen molar-refractivity contribution in [1.29, 1.82) is 5.41 Å². The van der Waals surface area contributed by atoms with E-state index in [4.69, 9.17) is 35.8 Å². The third-order valence-electron chi connectivity index (χ3n) is 26.7. The van der Waals surface area contributed by atoms with Gasteiger partial charge in [-0.05, 0) is 237 Å². The molecule has 8 aliphatic rings. The molecule has 0 bridgehead atoms. The number of ether oxygens (including phenoxy) is 4. The van der Waals surface area contributed by atoms with Crippen molar-refractivity contribution in [3.05, 3.63) is 296 Å². The maximum absolute atomic E-state index is 11.2. The Hall–Kier alpha value is -13.4. The lowest BCUT2D eigenvalue weighted by atomic mass is 9.89. The van der Waals surface area contributed by atoms with Crippen molar-refractivity contribution in [2.24, 2.45) is 10.7 Å². The maximum Gasteiger partial charge on any atom is 0.270 e. The molecule has 0 amide bonds. The number of nitrogens with two attached hydrogens (primary N) is 2. The highest BCUT2D eigenvalue weighted by molar-refractivity contribution is 8.14. The Labute approximate surface area is 816 Å². The molecule has 2 aliphatic heterocycles. The first-order valence-corrected chi connectivity index (χ1v) is 49.6. The third-order valence-corrected chi connectivity index (χ3v) is 29.2. The number of non-ortho nitro benzene ring substituents is 4. The molecule has 0 radical (unpaired) electrons. The Morgan fingerprint density at radius 1 is 0.439 bits per heavy atom. The van der Waals surface area contributed by atoms with Gasteiger partial charge >= 0.3 is 0 Å². The van der Waals surface area contributed by atoms with Crippen LogP contribution in [0.25, 0.3) is 93.3 Å². The number of aromatic nitrogens is 6. The van der Waals surface area contributed by atoms with E-state index < -0.39 is 15.6 Å². The minimum Gasteiger partial charge on any atom is -0.399 e. The number of aliphatic imine (C=N–C) groups is 1. The fourth-order valence-electron chi connectivity index (χ4n) is 18.7. The summed E-state index contributed by atoms with van der Waals surface area (Å²) in [6, 6.07) is 43.4. The zero-order valence-electron chi connectivity index (χ0n) is 79.0. The number of thioether (sulfide) groups is 1. The van der Waals surface area contributed by atoms with Crippen LogP contribution < -0.4 is 11.5 Å². The topological polar surface area (TPSA) is 436 Å². The van der Waals surface area contributed by atoms with Crippen LogP contribution in [0.5, 0.6) is 0 Å². The number of amidine groups is 1. The first-order valence-electron chi connectivity index (χ1n) is 46.6. The first-order chi connectivity index (χ1) is 67.1. The average molecular weight is 1940 g/mol. The van der Waals surface area contributed by atoms with E-state index in [0.29, 0.717) is 93.3 Å². The van der Waals surface area contributed by atoms with Crippen LogP contribution in [0.2, 0.25) is 0 Å². The molecule has 2 saturated heterocycles. The lowest BCUT2D eigenvalue weighted by Crippen LogP contribution is -2.35. The van der Waals surface area contributed by atoms with E-state index in [0.717, 1.165) is 170 Å². The molecule has 3 fully saturated rings.